The third-order valence-corrected chi connectivity index (χ3v) is 7.14. The molecule has 1 aliphatic rings. The van der Waals surface area contributed by atoms with Crippen molar-refractivity contribution in [3.63, 3.8) is 0 Å². The molecule has 1 atom stereocenters. The van der Waals surface area contributed by atoms with E-state index in [-0.39, 0.29) is 17.6 Å². The molecule has 1 N–H and O–H groups in total. The molecule has 5 rings (SSSR count). The lowest BCUT2D eigenvalue weighted by atomic mass is 9.93. The average Bonchev–Trinajstić information content (AvgIpc) is 3.52. The normalized spacial score (nSPS) is 15.1. The summed E-state index contributed by atoms with van der Waals surface area (Å²) in [4.78, 5) is 33.8. The van der Waals surface area contributed by atoms with Crippen LogP contribution >= 0.6 is 22.9 Å². The largest absolute Gasteiger partial charge is 0.459 e. The predicted octanol–water partition coefficient (Wildman–Crippen LogP) is 5.25. The highest BCUT2D eigenvalue weighted by molar-refractivity contribution is 7.12. The van der Waals surface area contributed by atoms with E-state index in [0.717, 1.165) is 32.3 Å². The quantitative estimate of drug-likeness (QED) is 0.414. The first-order chi connectivity index (χ1) is 16.5. The number of amides is 2. The highest BCUT2D eigenvalue weighted by atomic mass is 35.5. The number of thiazole rings is 1. The minimum absolute atomic E-state index is 0.213. The third-order valence-electron chi connectivity index (χ3n) is 5.92. The molecule has 2 amide bonds. The van der Waals surface area contributed by atoms with Gasteiger partial charge in [0.2, 0.25) is 5.91 Å². The second-order valence-corrected chi connectivity index (χ2v) is 9.86. The van der Waals surface area contributed by atoms with Crippen LogP contribution in [0.25, 0.3) is 11.3 Å². The lowest BCUT2D eigenvalue weighted by molar-refractivity contribution is -0.126. The van der Waals surface area contributed by atoms with Gasteiger partial charge in [0.15, 0.2) is 5.76 Å². The number of hydrogen-bond acceptors (Lipinski definition) is 5. The van der Waals surface area contributed by atoms with Gasteiger partial charge in [0.05, 0.1) is 18.5 Å². The number of furan rings is 1. The zero-order valence-corrected chi connectivity index (χ0v) is 20.0. The van der Waals surface area contributed by atoms with Crippen LogP contribution in [-0.4, -0.2) is 27.7 Å². The fraction of sp³-hybridized carbons (Fsp3) is 0.192. The summed E-state index contributed by atoms with van der Waals surface area (Å²) in [7, 11) is 0. The lowest BCUT2D eigenvalue weighted by Gasteiger charge is -2.35. The van der Waals surface area contributed by atoms with E-state index in [4.69, 9.17) is 21.0 Å². The van der Waals surface area contributed by atoms with Crippen LogP contribution in [-0.2, 0) is 24.3 Å². The molecule has 8 heteroatoms. The number of nitrogens with zero attached hydrogens (tertiary/aromatic N) is 2. The third kappa shape index (κ3) is 4.49. The first kappa shape index (κ1) is 22.4. The number of hydrogen-bond donors (Lipinski definition) is 1. The molecule has 0 bridgehead atoms. The molecule has 6 nitrogen and oxygen atoms in total. The summed E-state index contributed by atoms with van der Waals surface area (Å²) < 4.78 is 5.32. The van der Waals surface area contributed by atoms with Crippen molar-refractivity contribution in [3.8, 4) is 11.3 Å². The summed E-state index contributed by atoms with van der Waals surface area (Å²) in [6.45, 7) is 2.65. The number of rotatable bonds is 5. The Morgan fingerprint density at radius 1 is 1.12 bits per heavy atom. The topological polar surface area (TPSA) is 75.4 Å². The van der Waals surface area contributed by atoms with Crippen LogP contribution in [0.15, 0.2) is 71.3 Å². The monoisotopic (exact) mass is 491 g/mol. The van der Waals surface area contributed by atoms with Gasteiger partial charge in [-0.3, -0.25) is 9.59 Å². The van der Waals surface area contributed by atoms with Crippen molar-refractivity contribution in [2.75, 3.05) is 0 Å². The maximum Gasteiger partial charge on any atom is 0.290 e. The van der Waals surface area contributed by atoms with E-state index < -0.39 is 6.04 Å². The van der Waals surface area contributed by atoms with Gasteiger partial charge in [-0.05, 0) is 42.3 Å². The van der Waals surface area contributed by atoms with Gasteiger partial charge in [-0.15, -0.1) is 11.3 Å². The van der Waals surface area contributed by atoms with Gasteiger partial charge in [0.25, 0.3) is 5.91 Å². The van der Waals surface area contributed by atoms with Crippen molar-refractivity contribution in [2.24, 2.45) is 0 Å². The van der Waals surface area contributed by atoms with E-state index in [1.54, 1.807) is 28.4 Å². The Labute approximate surface area is 206 Å². The van der Waals surface area contributed by atoms with E-state index in [9.17, 15) is 9.59 Å². The molecule has 0 aliphatic carbocycles. The summed E-state index contributed by atoms with van der Waals surface area (Å²) >= 11 is 7.54. The molecule has 0 saturated heterocycles. The Balaban J connectivity index is 1.34. The molecule has 0 radical (unpaired) electrons. The summed E-state index contributed by atoms with van der Waals surface area (Å²) in [5.41, 5.74) is 3.97. The molecule has 2 aromatic carbocycles. The van der Waals surface area contributed by atoms with Gasteiger partial charge in [0, 0.05) is 28.4 Å². The minimum atomic E-state index is -0.635. The van der Waals surface area contributed by atoms with Crippen molar-refractivity contribution >= 4 is 34.8 Å². The van der Waals surface area contributed by atoms with Crippen molar-refractivity contribution in [3.05, 3.63) is 98.7 Å². The second-order valence-electron chi connectivity index (χ2n) is 8.14. The molecule has 0 fully saturated rings. The molecule has 1 unspecified atom stereocenters. The fourth-order valence-electron chi connectivity index (χ4n) is 4.20. The van der Waals surface area contributed by atoms with Gasteiger partial charge in [0.1, 0.15) is 11.0 Å². The average molecular weight is 492 g/mol. The second kappa shape index (κ2) is 9.44. The molecular formula is C26H22ClN3O3S. The Morgan fingerprint density at radius 3 is 2.62 bits per heavy atom. The molecule has 3 heterocycles. The molecule has 4 aromatic rings. The zero-order chi connectivity index (χ0) is 23.7. The molecule has 172 valence electrons. The highest BCUT2D eigenvalue weighted by Gasteiger charge is 2.36. The molecule has 0 saturated carbocycles. The fourth-order valence-corrected chi connectivity index (χ4v) is 5.22. The van der Waals surface area contributed by atoms with Crippen LogP contribution < -0.4 is 5.32 Å². The number of benzene rings is 2. The lowest BCUT2D eigenvalue weighted by Crippen LogP contribution is -2.52. The Hall–Kier alpha value is -3.42. The number of nitrogens with one attached hydrogen (secondary N) is 1. The van der Waals surface area contributed by atoms with E-state index in [2.05, 4.69) is 5.32 Å². The summed E-state index contributed by atoms with van der Waals surface area (Å²) in [5.74, 6) is -0.287. The van der Waals surface area contributed by atoms with E-state index >= 15 is 0 Å². The number of aryl methyl sites for hydroxylation is 1. The smallest absolute Gasteiger partial charge is 0.290 e. The zero-order valence-electron chi connectivity index (χ0n) is 18.5. The van der Waals surface area contributed by atoms with Crippen LogP contribution in [0.1, 0.15) is 31.6 Å². The Morgan fingerprint density at radius 2 is 1.88 bits per heavy atom. The van der Waals surface area contributed by atoms with Gasteiger partial charge in [-0.2, -0.15) is 0 Å². The van der Waals surface area contributed by atoms with Gasteiger partial charge < -0.3 is 14.6 Å². The first-order valence-electron chi connectivity index (χ1n) is 10.9. The number of fused-ring (bicyclic) bond motifs is 1. The summed E-state index contributed by atoms with van der Waals surface area (Å²) in [5, 5.41) is 4.47. The Bertz CT molecular complexity index is 1330. The van der Waals surface area contributed by atoms with Crippen LogP contribution in [0, 0.1) is 6.92 Å². The molecule has 0 spiro atoms. The van der Waals surface area contributed by atoms with Crippen molar-refractivity contribution < 1.29 is 14.0 Å². The van der Waals surface area contributed by atoms with Gasteiger partial charge in [-0.1, -0.05) is 48.0 Å². The van der Waals surface area contributed by atoms with E-state index in [1.165, 1.54) is 6.26 Å². The SMILES string of the molecule is Cc1sc(CNC(=O)C2Cc3ccccc3CN2C(=O)c2ccco2)nc1-c1ccc(Cl)cc1. The van der Waals surface area contributed by atoms with Crippen molar-refractivity contribution in [1.82, 2.24) is 15.2 Å². The predicted molar refractivity (Wildman–Crippen MR) is 132 cm³/mol. The van der Waals surface area contributed by atoms with Crippen LogP contribution in [0.2, 0.25) is 5.02 Å². The first-order valence-corrected chi connectivity index (χ1v) is 12.1. The number of aromatic nitrogens is 1. The number of carbonyl (C=O) groups is 2. The van der Waals surface area contributed by atoms with Crippen molar-refractivity contribution in [1.29, 1.82) is 0 Å². The van der Waals surface area contributed by atoms with Gasteiger partial charge in [-0.25, -0.2) is 4.98 Å². The molecule has 34 heavy (non-hydrogen) atoms. The number of halogens is 1. The molecule has 1 aliphatic heterocycles. The number of carbonyl (C=O) groups excluding carboxylic acids is 2. The van der Waals surface area contributed by atoms with Crippen molar-refractivity contribution in [2.45, 2.75) is 32.5 Å². The maximum atomic E-state index is 13.3. The van der Waals surface area contributed by atoms with Crippen LogP contribution in [0.3, 0.4) is 0 Å². The standard InChI is InChI=1S/C26H22ClN3O3S/c1-16-24(17-8-10-20(27)11-9-17)29-23(34-16)14-28-25(31)21-13-18-5-2-3-6-19(18)15-30(21)26(32)22-7-4-12-33-22/h2-12,21H,13-15H2,1H3,(H,28,31). The van der Waals surface area contributed by atoms with Crippen LogP contribution in [0.4, 0.5) is 0 Å². The maximum absolute atomic E-state index is 13.3. The molecular weight excluding hydrogens is 470 g/mol. The Kier molecular flexibility index (Phi) is 6.22. The van der Waals surface area contributed by atoms with E-state index in [0.29, 0.717) is 24.5 Å². The summed E-state index contributed by atoms with van der Waals surface area (Å²) in [6.07, 6.45) is 1.91. The molecule has 2 aromatic heterocycles. The highest BCUT2D eigenvalue weighted by Crippen LogP contribution is 2.29. The minimum Gasteiger partial charge on any atom is -0.459 e. The van der Waals surface area contributed by atoms with Crippen LogP contribution in [0.5, 0.6) is 0 Å². The van der Waals surface area contributed by atoms with Gasteiger partial charge >= 0.3 is 0 Å². The van der Waals surface area contributed by atoms with E-state index in [1.807, 2.05) is 55.5 Å². The summed E-state index contributed by atoms with van der Waals surface area (Å²) in [6, 6.07) is 18.1.